The van der Waals surface area contributed by atoms with Gasteiger partial charge in [-0.1, -0.05) is 0 Å². The number of carboxylic acid groups (broad SMARTS) is 3. The first-order chi connectivity index (χ1) is 16.3. The van der Waals surface area contributed by atoms with Gasteiger partial charge in [0, 0.05) is 0 Å². The van der Waals surface area contributed by atoms with Crippen LogP contribution in [0.1, 0.15) is 0 Å². The van der Waals surface area contributed by atoms with E-state index >= 15 is 0 Å². The number of phosphoric ester groups is 3. The van der Waals surface area contributed by atoms with Crippen molar-refractivity contribution in [3.8, 4) is 0 Å². The lowest BCUT2D eigenvalue weighted by Crippen LogP contribution is -2.65. The standard InChI is InChI=1S/C12H21O21P3/c13-4(14)1-28-34(22,23)31-10-8(20)7(19)9(21)11(32-35(24,25)29-2-5(15)16)12(10)33-36(26,27)30-3-6(17)18/h7-12,19-21H,1-3H2,(H,13,14)(H,15,16)(H,17,18)(H,22,23)(H,24,25)(H,26,27). The van der Waals surface area contributed by atoms with E-state index in [4.69, 9.17) is 15.3 Å². The topological polar surface area (TPSA) is 340 Å². The van der Waals surface area contributed by atoms with Gasteiger partial charge in [0.25, 0.3) is 0 Å². The summed E-state index contributed by atoms with van der Waals surface area (Å²) in [5, 5.41) is 56.1. The molecule has 0 aromatic carbocycles. The molecule has 0 bridgehead atoms. The zero-order valence-corrected chi connectivity index (χ0v) is 20.0. The fourth-order valence-corrected chi connectivity index (χ4v) is 5.15. The van der Waals surface area contributed by atoms with Gasteiger partial charge in [-0.15, -0.1) is 0 Å². The van der Waals surface area contributed by atoms with E-state index in [2.05, 4.69) is 27.1 Å². The van der Waals surface area contributed by atoms with Crippen molar-refractivity contribution < 1.29 is 101 Å². The van der Waals surface area contributed by atoms with Crippen molar-refractivity contribution >= 4 is 41.4 Å². The first kappa shape index (κ1) is 32.6. The third kappa shape index (κ3) is 10.5. The number of carbonyl (C=O) groups is 3. The zero-order chi connectivity index (χ0) is 28.1. The average Bonchev–Trinajstić information content (AvgIpc) is 2.74. The molecule has 24 heteroatoms. The fraction of sp³-hybridized carbons (Fsp3) is 0.750. The largest absolute Gasteiger partial charge is 0.480 e. The van der Waals surface area contributed by atoms with Crippen molar-refractivity contribution in [2.75, 3.05) is 19.8 Å². The molecule has 0 radical (unpaired) electrons. The minimum atomic E-state index is -5.61. The molecule has 1 saturated carbocycles. The summed E-state index contributed by atoms with van der Waals surface area (Å²) in [6.45, 7) is -4.43. The molecule has 1 rings (SSSR count). The van der Waals surface area contributed by atoms with Crippen molar-refractivity contribution in [3.05, 3.63) is 0 Å². The van der Waals surface area contributed by atoms with Crippen LogP contribution in [0, 0.1) is 0 Å². The van der Waals surface area contributed by atoms with Gasteiger partial charge < -0.3 is 45.3 Å². The Labute approximate surface area is 199 Å². The molecule has 21 nitrogen and oxygen atoms in total. The van der Waals surface area contributed by atoms with Crippen LogP contribution < -0.4 is 0 Å². The van der Waals surface area contributed by atoms with E-state index in [0.29, 0.717) is 0 Å². The van der Waals surface area contributed by atoms with Crippen molar-refractivity contribution in [1.29, 1.82) is 0 Å². The van der Waals surface area contributed by atoms with Crippen LogP contribution in [0.4, 0.5) is 0 Å². The predicted octanol–water partition coefficient (Wildman–Crippen LogP) is -3.16. The molecule has 9 N–H and O–H groups in total. The molecular formula is C12H21O21P3. The lowest BCUT2D eigenvalue weighted by molar-refractivity contribution is -0.214. The first-order valence-corrected chi connectivity index (χ1v) is 13.4. The van der Waals surface area contributed by atoms with Gasteiger partial charge in [0.05, 0.1) is 0 Å². The number of hydrogen-bond donors (Lipinski definition) is 9. The van der Waals surface area contributed by atoms with E-state index in [1.54, 1.807) is 0 Å². The Balaban J connectivity index is 3.42. The second-order valence-corrected chi connectivity index (χ2v) is 10.8. The maximum Gasteiger partial charge on any atom is 0.473 e. The Kier molecular flexibility index (Phi) is 11.7. The van der Waals surface area contributed by atoms with Gasteiger partial charge in [-0.05, 0) is 0 Å². The van der Waals surface area contributed by atoms with Crippen molar-refractivity contribution in [3.63, 3.8) is 0 Å². The van der Waals surface area contributed by atoms with Crippen LogP contribution in [0.25, 0.3) is 0 Å². The van der Waals surface area contributed by atoms with Crippen molar-refractivity contribution in [2.45, 2.75) is 36.6 Å². The van der Waals surface area contributed by atoms with Crippen molar-refractivity contribution in [2.24, 2.45) is 0 Å². The van der Waals surface area contributed by atoms with Crippen LogP contribution in [-0.4, -0.2) is 120 Å². The molecule has 0 heterocycles. The molecule has 0 aromatic heterocycles. The highest BCUT2D eigenvalue weighted by molar-refractivity contribution is 7.48. The highest BCUT2D eigenvalue weighted by Crippen LogP contribution is 2.54. The van der Waals surface area contributed by atoms with Gasteiger partial charge in [0.15, 0.2) is 19.8 Å². The van der Waals surface area contributed by atoms with E-state index in [9.17, 15) is 58.1 Å². The van der Waals surface area contributed by atoms with Gasteiger partial charge in [0.2, 0.25) is 0 Å². The molecule has 0 aromatic rings. The Morgan fingerprint density at radius 3 is 1.03 bits per heavy atom. The zero-order valence-electron chi connectivity index (χ0n) is 17.4. The summed E-state index contributed by atoms with van der Waals surface area (Å²) in [5.41, 5.74) is 0. The highest BCUT2D eigenvalue weighted by atomic mass is 31.2. The molecule has 1 fully saturated rings. The normalized spacial score (nSPS) is 31.5. The molecule has 210 valence electrons. The molecule has 0 saturated heterocycles. The third-order valence-corrected chi connectivity index (χ3v) is 6.73. The van der Waals surface area contributed by atoms with Crippen LogP contribution in [0.2, 0.25) is 0 Å². The van der Waals surface area contributed by atoms with Crippen molar-refractivity contribution in [1.82, 2.24) is 0 Å². The monoisotopic (exact) mass is 594 g/mol. The van der Waals surface area contributed by atoms with E-state index < -0.39 is 97.8 Å². The number of aliphatic carboxylic acids is 3. The Bertz CT molecular complexity index is 896. The summed E-state index contributed by atoms with van der Waals surface area (Å²) in [6, 6.07) is 0. The first-order valence-electron chi connectivity index (χ1n) is 8.93. The van der Waals surface area contributed by atoms with Gasteiger partial charge >= 0.3 is 41.4 Å². The summed E-state index contributed by atoms with van der Waals surface area (Å²) in [7, 11) is -16.7. The number of aliphatic hydroxyl groups excluding tert-OH is 3. The highest BCUT2D eigenvalue weighted by Gasteiger charge is 2.57. The summed E-state index contributed by atoms with van der Waals surface area (Å²) in [5.74, 6) is -5.39. The van der Waals surface area contributed by atoms with Crippen LogP contribution in [-0.2, 0) is 55.2 Å². The Morgan fingerprint density at radius 1 is 0.528 bits per heavy atom. The molecule has 7 atom stereocenters. The molecule has 36 heavy (non-hydrogen) atoms. The molecule has 0 amide bonds. The van der Waals surface area contributed by atoms with E-state index in [1.807, 2.05) is 0 Å². The minimum absolute atomic E-state index is 1.47. The number of rotatable bonds is 15. The molecule has 1 aliphatic rings. The quantitative estimate of drug-likeness (QED) is 0.0845. The Hall–Kier alpha value is -1.38. The molecule has 7 unspecified atom stereocenters. The maximum atomic E-state index is 12.2. The van der Waals surface area contributed by atoms with Gasteiger partial charge in [-0.25, -0.2) is 28.1 Å². The summed E-state index contributed by atoms with van der Waals surface area (Å²) in [6.07, 6.45) is -15.6. The minimum Gasteiger partial charge on any atom is -0.480 e. The second-order valence-electron chi connectivity index (χ2n) is 6.59. The fourth-order valence-electron chi connectivity index (χ4n) is 2.49. The van der Waals surface area contributed by atoms with Crippen LogP contribution in [0.5, 0.6) is 0 Å². The van der Waals surface area contributed by atoms with Crippen LogP contribution in [0.15, 0.2) is 0 Å². The second kappa shape index (κ2) is 12.9. The summed E-state index contributed by atoms with van der Waals surface area (Å²) in [4.78, 5) is 60.9. The molecular weight excluding hydrogens is 573 g/mol. The smallest absolute Gasteiger partial charge is 0.473 e. The lowest BCUT2D eigenvalue weighted by atomic mass is 9.85. The number of hydrogen-bond acceptors (Lipinski definition) is 15. The maximum absolute atomic E-state index is 12.2. The summed E-state index contributed by atoms with van der Waals surface area (Å²) >= 11 is 0. The van der Waals surface area contributed by atoms with E-state index in [0.717, 1.165) is 0 Å². The predicted molar refractivity (Wildman–Crippen MR) is 103 cm³/mol. The lowest BCUT2D eigenvalue weighted by Gasteiger charge is -2.45. The number of phosphoric acid groups is 3. The molecule has 0 aliphatic heterocycles. The molecule has 0 spiro atoms. The van der Waals surface area contributed by atoms with Gasteiger partial charge in [-0.3, -0.25) is 27.1 Å². The average molecular weight is 594 g/mol. The molecule has 1 aliphatic carbocycles. The van der Waals surface area contributed by atoms with Crippen LogP contribution >= 0.6 is 23.5 Å². The van der Waals surface area contributed by atoms with E-state index in [-0.39, 0.29) is 0 Å². The van der Waals surface area contributed by atoms with Crippen LogP contribution in [0.3, 0.4) is 0 Å². The SMILES string of the molecule is O=C(O)COP(=O)(O)OC1C(O)C(O)C(O)C(OP(=O)(O)OCC(=O)O)C1OP(=O)(O)OCC(=O)O. The summed E-state index contributed by atoms with van der Waals surface area (Å²) < 4.78 is 62.0. The van der Waals surface area contributed by atoms with Gasteiger partial charge in [-0.2, -0.15) is 0 Å². The van der Waals surface area contributed by atoms with E-state index in [1.165, 1.54) is 0 Å². The van der Waals surface area contributed by atoms with Gasteiger partial charge in [0.1, 0.15) is 36.6 Å². The number of aliphatic hydroxyl groups is 3. The number of carboxylic acids is 3. The Morgan fingerprint density at radius 2 is 0.778 bits per heavy atom. The third-order valence-electron chi connectivity index (χ3n) is 3.84.